The molecule has 260 valence electrons. The van der Waals surface area contributed by atoms with Crippen LogP contribution in [0.15, 0.2) is 170 Å². The molecule has 2 aliphatic carbocycles. The molecule has 0 unspecified atom stereocenters. The van der Waals surface area contributed by atoms with Gasteiger partial charge in [-0.1, -0.05) is 161 Å². The second-order valence-corrected chi connectivity index (χ2v) is 16.3. The molecule has 0 atom stereocenters. The summed E-state index contributed by atoms with van der Waals surface area (Å²) < 4.78 is 0. The average molecular weight is 694 g/mol. The van der Waals surface area contributed by atoms with Crippen LogP contribution in [-0.2, 0) is 10.8 Å². The Morgan fingerprint density at radius 3 is 1.46 bits per heavy atom. The summed E-state index contributed by atoms with van der Waals surface area (Å²) in [5.41, 5.74) is 20.2. The van der Waals surface area contributed by atoms with E-state index in [0.29, 0.717) is 0 Å². The predicted molar refractivity (Wildman–Crippen MR) is 229 cm³/mol. The number of benzene rings is 8. The largest absolute Gasteiger partial charge is 0.310 e. The van der Waals surface area contributed by atoms with Crippen LogP contribution in [0.5, 0.6) is 0 Å². The number of nitrogens with zero attached hydrogens (tertiary/aromatic N) is 1. The van der Waals surface area contributed by atoms with Crippen molar-refractivity contribution in [2.45, 2.75) is 45.4 Å². The monoisotopic (exact) mass is 693 g/mol. The summed E-state index contributed by atoms with van der Waals surface area (Å²) in [6, 6.07) is 63.7. The normalized spacial score (nSPS) is 14.3. The van der Waals surface area contributed by atoms with E-state index in [1.807, 2.05) is 0 Å². The van der Waals surface area contributed by atoms with E-state index in [1.54, 1.807) is 0 Å². The quantitative estimate of drug-likeness (QED) is 0.173. The van der Waals surface area contributed by atoms with Crippen molar-refractivity contribution in [3.05, 3.63) is 198 Å². The van der Waals surface area contributed by atoms with Gasteiger partial charge in [0.1, 0.15) is 0 Å². The van der Waals surface area contributed by atoms with Crippen molar-refractivity contribution in [1.29, 1.82) is 0 Å². The fraction of sp³-hybridized carbons (Fsp3) is 0.132. The van der Waals surface area contributed by atoms with E-state index in [1.165, 1.54) is 83.1 Å². The van der Waals surface area contributed by atoms with Gasteiger partial charge in [-0.3, -0.25) is 0 Å². The van der Waals surface area contributed by atoms with E-state index in [-0.39, 0.29) is 10.8 Å². The fourth-order valence-electron chi connectivity index (χ4n) is 9.33. The van der Waals surface area contributed by atoms with Crippen LogP contribution in [0, 0.1) is 6.92 Å². The lowest BCUT2D eigenvalue weighted by Crippen LogP contribution is -2.18. The van der Waals surface area contributed by atoms with Crippen LogP contribution in [0.4, 0.5) is 17.1 Å². The van der Waals surface area contributed by atoms with Gasteiger partial charge in [-0.05, 0) is 121 Å². The van der Waals surface area contributed by atoms with E-state index in [4.69, 9.17) is 0 Å². The van der Waals surface area contributed by atoms with Crippen LogP contribution in [0.25, 0.3) is 55.3 Å². The Kier molecular flexibility index (Phi) is 7.17. The number of fused-ring (bicyclic) bond motifs is 7. The van der Waals surface area contributed by atoms with Gasteiger partial charge in [0, 0.05) is 27.8 Å². The third-order valence-corrected chi connectivity index (χ3v) is 12.3. The summed E-state index contributed by atoms with van der Waals surface area (Å²) >= 11 is 0. The van der Waals surface area contributed by atoms with Crippen molar-refractivity contribution >= 4 is 27.8 Å². The van der Waals surface area contributed by atoms with E-state index in [0.717, 1.165) is 17.1 Å². The number of hydrogen-bond acceptors (Lipinski definition) is 1. The average Bonchev–Trinajstić information content (AvgIpc) is 3.57. The lowest BCUT2D eigenvalue weighted by Gasteiger charge is -2.31. The van der Waals surface area contributed by atoms with Crippen LogP contribution in [-0.4, -0.2) is 0 Å². The van der Waals surface area contributed by atoms with Gasteiger partial charge in [0.2, 0.25) is 0 Å². The summed E-state index contributed by atoms with van der Waals surface area (Å²) in [4.78, 5) is 2.52. The number of rotatable bonds is 5. The van der Waals surface area contributed by atoms with Crippen molar-refractivity contribution in [3.8, 4) is 44.5 Å². The van der Waals surface area contributed by atoms with Gasteiger partial charge in [0.05, 0.1) is 5.69 Å². The Balaban J connectivity index is 1.23. The smallest absolute Gasteiger partial charge is 0.0540 e. The van der Waals surface area contributed by atoms with Gasteiger partial charge in [-0.2, -0.15) is 0 Å². The predicted octanol–water partition coefficient (Wildman–Crippen LogP) is 14.6. The number of hydrogen-bond donors (Lipinski definition) is 0. The first-order chi connectivity index (χ1) is 26.2. The zero-order valence-corrected chi connectivity index (χ0v) is 31.6. The minimum absolute atomic E-state index is 0.119. The van der Waals surface area contributed by atoms with Gasteiger partial charge in [-0.25, -0.2) is 0 Å². The highest BCUT2D eigenvalue weighted by molar-refractivity contribution is 5.96. The molecule has 0 saturated heterocycles. The molecule has 0 amide bonds. The molecule has 8 aromatic rings. The second-order valence-electron chi connectivity index (χ2n) is 16.3. The summed E-state index contributed by atoms with van der Waals surface area (Å²) in [7, 11) is 0. The number of anilines is 3. The van der Waals surface area contributed by atoms with E-state index < -0.39 is 0 Å². The highest BCUT2D eigenvalue weighted by atomic mass is 15.1. The molecule has 1 heteroatoms. The molecule has 8 aromatic carbocycles. The van der Waals surface area contributed by atoms with E-state index in [9.17, 15) is 0 Å². The van der Waals surface area contributed by atoms with Gasteiger partial charge in [0.15, 0.2) is 0 Å². The zero-order chi connectivity index (χ0) is 36.8. The molecule has 1 nitrogen and oxygen atoms in total. The first-order valence-corrected chi connectivity index (χ1v) is 19.2. The van der Waals surface area contributed by atoms with Crippen LogP contribution in [0.3, 0.4) is 0 Å². The molecule has 0 N–H and O–H groups in total. The molecule has 0 aliphatic heterocycles. The van der Waals surface area contributed by atoms with E-state index in [2.05, 4.69) is 209 Å². The fourth-order valence-corrected chi connectivity index (χ4v) is 9.33. The maximum absolute atomic E-state index is 2.52. The lowest BCUT2D eigenvalue weighted by atomic mass is 9.82. The Bertz CT molecular complexity index is 2670. The molecule has 0 fully saturated rings. The second kappa shape index (κ2) is 11.9. The summed E-state index contributed by atoms with van der Waals surface area (Å²) in [6.45, 7) is 11.6. The lowest BCUT2D eigenvalue weighted by molar-refractivity contribution is 0.660. The highest BCUT2D eigenvalue weighted by Gasteiger charge is 2.38. The topological polar surface area (TPSA) is 3.24 Å². The molecule has 2 aliphatic rings. The highest BCUT2D eigenvalue weighted by Crippen LogP contribution is 2.54. The molecule has 0 aromatic heterocycles. The summed E-state index contributed by atoms with van der Waals surface area (Å²) in [5.74, 6) is 0. The molecule has 54 heavy (non-hydrogen) atoms. The van der Waals surface area contributed by atoms with Crippen molar-refractivity contribution in [3.63, 3.8) is 0 Å². The first kappa shape index (κ1) is 32.5. The minimum Gasteiger partial charge on any atom is -0.310 e. The standard InChI is InChI=1S/C53H43N/c1-34-18-20-36(21-19-34)38-24-29-51(46(31-38)39-23-22-35-12-6-7-13-37(35)30-39)54(40-25-27-44-42-14-8-10-16-47(42)52(2,3)49(44)32-40)41-26-28-45-43-15-9-11-17-48(43)53(4,5)50(45)33-41/h6-33H,1-5H3. The zero-order valence-electron chi connectivity index (χ0n) is 31.6. The van der Waals surface area contributed by atoms with Crippen molar-refractivity contribution in [2.75, 3.05) is 4.90 Å². The number of aryl methyl sites for hydroxylation is 1. The van der Waals surface area contributed by atoms with Crippen LogP contribution < -0.4 is 4.90 Å². The van der Waals surface area contributed by atoms with Gasteiger partial charge in [0.25, 0.3) is 0 Å². The Hall–Kier alpha value is -6.18. The van der Waals surface area contributed by atoms with E-state index >= 15 is 0 Å². The maximum Gasteiger partial charge on any atom is 0.0540 e. The van der Waals surface area contributed by atoms with Crippen molar-refractivity contribution in [2.24, 2.45) is 0 Å². The van der Waals surface area contributed by atoms with Crippen LogP contribution in [0.1, 0.15) is 55.5 Å². The maximum atomic E-state index is 2.52. The minimum atomic E-state index is -0.119. The first-order valence-electron chi connectivity index (χ1n) is 19.2. The Morgan fingerprint density at radius 1 is 0.352 bits per heavy atom. The molecule has 0 heterocycles. The van der Waals surface area contributed by atoms with Gasteiger partial charge in [-0.15, -0.1) is 0 Å². The molecule has 10 rings (SSSR count). The van der Waals surface area contributed by atoms with Crippen LogP contribution >= 0.6 is 0 Å². The summed E-state index contributed by atoms with van der Waals surface area (Å²) in [5, 5.41) is 2.48. The molecule has 0 bridgehead atoms. The molecule has 0 radical (unpaired) electrons. The molecular formula is C53H43N. The molecule has 0 saturated carbocycles. The molecule has 0 spiro atoms. The Labute approximate surface area is 319 Å². The van der Waals surface area contributed by atoms with Gasteiger partial charge < -0.3 is 4.90 Å². The SMILES string of the molecule is Cc1ccc(-c2ccc(N(c3ccc4c(c3)C(C)(C)c3ccccc3-4)c3ccc4c(c3)C(C)(C)c3ccccc3-4)c(-c3ccc4ccccc4c3)c2)cc1. The Morgan fingerprint density at radius 2 is 0.852 bits per heavy atom. The third kappa shape index (κ3) is 4.92. The molecular weight excluding hydrogens is 651 g/mol. The summed E-state index contributed by atoms with van der Waals surface area (Å²) in [6.07, 6.45) is 0. The van der Waals surface area contributed by atoms with Gasteiger partial charge >= 0.3 is 0 Å². The van der Waals surface area contributed by atoms with Crippen LogP contribution in [0.2, 0.25) is 0 Å². The third-order valence-electron chi connectivity index (χ3n) is 12.3. The van der Waals surface area contributed by atoms with Crippen molar-refractivity contribution in [1.82, 2.24) is 0 Å². The van der Waals surface area contributed by atoms with Crippen molar-refractivity contribution < 1.29 is 0 Å².